The number of hydrogen-bond acceptors (Lipinski definition) is 4. The van der Waals surface area contributed by atoms with E-state index in [1.807, 2.05) is 18.2 Å². The first-order valence-electron chi connectivity index (χ1n) is 8.89. The zero-order valence-electron chi connectivity index (χ0n) is 14.5. The van der Waals surface area contributed by atoms with Gasteiger partial charge in [0.25, 0.3) is 0 Å². The van der Waals surface area contributed by atoms with Gasteiger partial charge in [-0.25, -0.2) is 12.8 Å². The Labute approximate surface area is 157 Å². The van der Waals surface area contributed by atoms with Crippen LogP contribution in [0.25, 0.3) is 11.1 Å². The molecule has 3 aromatic rings. The van der Waals surface area contributed by atoms with E-state index in [1.165, 1.54) is 12.1 Å². The number of rotatable bonds is 3. The molecule has 0 spiro atoms. The first-order valence-corrected chi connectivity index (χ1v) is 10.4. The highest BCUT2D eigenvalue weighted by Crippen LogP contribution is 2.46. The molecule has 0 aliphatic carbocycles. The van der Waals surface area contributed by atoms with E-state index in [0.29, 0.717) is 24.5 Å². The molecule has 2 aliphatic rings. The van der Waals surface area contributed by atoms with Crippen LogP contribution in [0.4, 0.5) is 4.39 Å². The summed E-state index contributed by atoms with van der Waals surface area (Å²) in [6, 6.07) is 13.7. The Morgan fingerprint density at radius 1 is 1.04 bits per heavy atom. The third-order valence-electron chi connectivity index (χ3n) is 5.62. The van der Waals surface area contributed by atoms with E-state index in [2.05, 4.69) is 4.90 Å². The highest BCUT2D eigenvalue weighted by atomic mass is 32.2. The molecule has 0 bridgehead atoms. The van der Waals surface area contributed by atoms with Crippen molar-refractivity contribution in [2.75, 3.05) is 13.1 Å². The predicted octanol–water partition coefficient (Wildman–Crippen LogP) is 3.84. The maximum atomic E-state index is 13.2. The van der Waals surface area contributed by atoms with Gasteiger partial charge in [0, 0.05) is 31.1 Å². The summed E-state index contributed by atoms with van der Waals surface area (Å²) in [5, 5.41) is -0.400. The number of furan rings is 1. The largest absolute Gasteiger partial charge is 0.472 e. The summed E-state index contributed by atoms with van der Waals surface area (Å²) >= 11 is 0. The molecule has 3 heterocycles. The normalized spacial score (nSPS) is 23.3. The van der Waals surface area contributed by atoms with E-state index in [0.717, 1.165) is 22.3 Å². The number of fused-ring (bicyclic) bond motifs is 3. The van der Waals surface area contributed by atoms with Crippen LogP contribution in [0.5, 0.6) is 0 Å². The van der Waals surface area contributed by atoms with Crippen LogP contribution in [0.3, 0.4) is 0 Å². The molecule has 1 saturated heterocycles. The van der Waals surface area contributed by atoms with Crippen molar-refractivity contribution in [2.24, 2.45) is 0 Å². The topological polar surface area (TPSA) is 50.5 Å². The smallest absolute Gasteiger partial charge is 0.183 e. The van der Waals surface area contributed by atoms with Gasteiger partial charge in [-0.1, -0.05) is 18.2 Å². The highest BCUT2D eigenvalue weighted by molar-refractivity contribution is 7.92. The summed E-state index contributed by atoms with van der Waals surface area (Å²) in [7, 11) is -3.33. The minimum absolute atomic E-state index is 0.0303. The van der Waals surface area contributed by atoms with E-state index in [9.17, 15) is 12.8 Å². The third-order valence-corrected chi connectivity index (χ3v) is 7.88. The molecule has 0 N–H and O–H groups in total. The van der Waals surface area contributed by atoms with Crippen LogP contribution in [0.1, 0.15) is 17.0 Å². The standard InChI is InChI=1S/C21H18FNO3S/c22-17-4-1-15(2-5-17)16-3-6-20-18(9-16)19-11-23(10-14-7-8-26-13-14)12-21(19)27(20,24)25/h1-9,13,19,21H,10-12H2/t19-,21+/m1/s1. The van der Waals surface area contributed by atoms with Gasteiger partial charge < -0.3 is 4.42 Å². The van der Waals surface area contributed by atoms with Crippen molar-refractivity contribution in [3.05, 3.63) is 78.0 Å². The summed E-state index contributed by atoms with van der Waals surface area (Å²) in [5.41, 5.74) is 3.73. The second-order valence-corrected chi connectivity index (χ2v) is 9.41. The quantitative estimate of drug-likeness (QED) is 0.690. The van der Waals surface area contributed by atoms with E-state index >= 15 is 0 Å². The molecule has 0 radical (unpaired) electrons. The molecule has 0 amide bonds. The first kappa shape index (κ1) is 16.7. The maximum absolute atomic E-state index is 13.2. The van der Waals surface area contributed by atoms with Gasteiger partial charge in [0.05, 0.1) is 22.7 Å². The van der Waals surface area contributed by atoms with Gasteiger partial charge >= 0.3 is 0 Å². The average Bonchev–Trinajstić information content (AvgIpc) is 3.35. The van der Waals surface area contributed by atoms with Crippen molar-refractivity contribution in [1.29, 1.82) is 0 Å². The second kappa shape index (κ2) is 6.04. The van der Waals surface area contributed by atoms with Crippen LogP contribution in [-0.2, 0) is 16.4 Å². The lowest BCUT2D eigenvalue weighted by Crippen LogP contribution is -2.25. The molecule has 2 atom stereocenters. The van der Waals surface area contributed by atoms with E-state index in [1.54, 1.807) is 30.7 Å². The molecule has 1 aromatic heterocycles. The second-order valence-electron chi connectivity index (χ2n) is 7.28. The predicted molar refractivity (Wildman–Crippen MR) is 99.5 cm³/mol. The molecule has 2 aliphatic heterocycles. The third kappa shape index (κ3) is 2.71. The van der Waals surface area contributed by atoms with Crippen LogP contribution >= 0.6 is 0 Å². The van der Waals surface area contributed by atoms with Crippen LogP contribution in [0.2, 0.25) is 0 Å². The SMILES string of the molecule is O=S1(=O)c2ccc(-c3ccc(F)cc3)cc2[C@H]2CN(Cc3ccoc3)C[C@@H]21. The highest BCUT2D eigenvalue weighted by Gasteiger charge is 2.50. The fraction of sp³-hybridized carbons (Fsp3) is 0.238. The van der Waals surface area contributed by atoms with Gasteiger partial charge in [-0.05, 0) is 47.0 Å². The van der Waals surface area contributed by atoms with E-state index in [-0.39, 0.29) is 11.7 Å². The molecular weight excluding hydrogens is 365 g/mol. The molecule has 0 saturated carbocycles. The molecule has 6 heteroatoms. The minimum atomic E-state index is -3.33. The van der Waals surface area contributed by atoms with Crippen LogP contribution < -0.4 is 0 Å². The van der Waals surface area contributed by atoms with Gasteiger partial charge in [-0.15, -0.1) is 0 Å². The minimum Gasteiger partial charge on any atom is -0.472 e. The van der Waals surface area contributed by atoms with Crippen molar-refractivity contribution >= 4 is 9.84 Å². The van der Waals surface area contributed by atoms with E-state index in [4.69, 9.17) is 4.42 Å². The maximum Gasteiger partial charge on any atom is 0.183 e. The van der Waals surface area contributed by atoms with Crippen LogP contribution in [-0.4, -0.2) is 31.7 Å². The molecule has 1 fully saturated rings. The number of hydrogen-bond donors (Lipinski definition) is 0. The number of nitrogens with zero attached hydrogens (tertiary/aromatic N) is 1. The van der Waals surface area contributed by atoms with Gasteiger partial charge in [0.15, 0.2) is 9.84 Å². The Hall–Kier alpha value is -2.44. The molecule has 4 nitrogen and oxygen atoms in total. The monoisotopic (exact) mass is 383 g/mol. The van der Waals surface area contributed by atoms with Crippen molar-refractivity contribution in [3.8, 4) is 11.1 Å². The van der Waals surface area contributed by atoms with Gasteiger partial charge in [0.1, 0.15) is 5.82 Å². The lowest BCUT2D eigenvalue weighted by Gasteiger charge is -2.16. The Bertz CT molecular complexity index is 1090. The van der Waals surface area contributed by atoms with Gasteiger partial charge in [-0.3, -0.25) is 4.90 Å². The van der Waals surface area contributed by atoms with Crippen molar-refractivity contribution in [1.82, 2.24) is 4.90 Å². The fourth-order valence-electron chi connectivity index (χ4n) is 4.32. The average molecular weight is 383 g/mol. The Morgan fingerprint density at radius 2 is 1.81 bits per heavy atom. The molecular formula is C21H18FNO3S. The van der Waals surface area contributed by atoms with Gasteiger partial charge in [0.2, 0.25) is 0 Å². The van der Waals surface area contributed by atoms with Crippen LogP contribution in [0, 0.1) is 5.82 Å². The number of halogens is 1. The number of likely N-dealkylation sites (tertiary alicyclic amines) is 1. The van der Waals surface area contributed by atoms with Crippen molar-refractivity contribution in [2.45, 2.75) is 22.6 Å². The molecule has 27 heavy (non-hydrogen) atoms. The van der Waals surface area contributed by atoms with Crippen LogP contribution in [0.15, 0.2) is 70.4 Å². The summed E-state index contributed by atoms with van der Waals surface area (Å²) in [6.45, 7) is 1.92. The number of benzene rings is 2. The summed E-state index contributed by atoms with van der Waals surface area (Å²) in [6.07, 6.45) is 3.33. The summed E-state index contributed by atoms with van der Waals surface area (Å²) in [4.78, 5) is 2.62. The molecule has 5 rings (SSSR count). The van der Waals surface area contributed by atoms with Gasteiger partial charge in [-0.2, -0.15) is 0 Å². The van der Waals surface area contributed by atoms with Crippen molar-refractivity contribution in [3.63, 3.8) is 0 Å². The Morgan fingerprint density at radius 3 is 2.56 bits per heavy atom. The lowest BCUT2D eigenvalue weighted by atomic mass is 9.94. The first-order chi connectivity index (χ1) is 13.0. The Kier molecular flexibility index (Phi) is 3.74. The summed E-state index contributed by atoms with van der Waals surface area (Å²) in [5.74, 6) is -0.314. The van der Waals surface area contributed by atoms with Crippen molar-refractivity contribution < 1.29 is 17.2 Å². The fourth-order valence-corrected chi connectivity index (χ4v) is 6.51. The molecule has 0 unspecified atom stereocenters. The lowest BCUT2D eigenvalue weighted by molar-refractivity contribution is 0.324. The molecule has 2 aromatic carbocycles. The molecule has 138 valence electrons. The van der Waals surface area contributed by atoms with E-state index < -0.39 is 15.1 Å². The Balaban J connectivity index is 1.50. The zero-order chi connectivity index (χ0) is 18.6. The number of sulfone groups is 1. The zero-order valence-corrected chi connectivity index (χ0v) is 15.3. The summed E-state index contributed by atoms with van der Waals surface area (Å²) < 4.78 is 44.3.